The molecule has 2 rings (SSSR count). The Morgan fingerprint density at radius 3 is 2.67 bits per heavy atom. The van der Waals surface area contributed by atoms with Crippen LogP contribution in [-0.2, 0) is 4.79 Å². The average molecular weight is 309 g/mol. The van der Waals surface area contributed by atoms with Crippen LogP contribution < -0.4 is 11.1 Å². The Balaban J connectivity index is 2.15. The normalized spacial score (nSPS) is 22.2. The van der Waals surface area contributed by atoms with E-state index in [0.29, 0.717) is 6.42 Å². The fourth-order valence-electron chi connectivity index (χ4n) is 2.21. The molecule has 3 nitrogen and oxygen atoms in total. The van der Waals surface area contributed by atoms with Gasteiger partial charge in [-0.05, 0) is 53.4 Å². The van der Waals surface area contributed by atoms with Crippen molar-refractivity contribution in [2.45, 2.75) is 26.3 Å². The summed E-state index contributed by atoms with van der Waals surface area (Å²) in [5, 5.41) is 2.98. The Labute approximate surface area is 116 Å². The molecule has 0 saturated heterocycles. The molecule has 3 N–H and O–H groups in total. The molecule has 96 valence electrons. The molecule has 1 aliphatic carbocycles. The number of benzene rings is 1. The molecule has 0 saturated carbocycles. The van der Waals surface area contributed by atoms with Crippen LogP contribution in [0.1, 0.15) is 17.5 Å². The van der Waals surface area contributed by atoms with Crippen molar-refractivity contribution in [3.8, 4) is 0 Å². The van der Waals surface area contributed by atoms with Gasteiger partial charge in [0, 0.05) is 10.5 Å². The molecule has 4 heteroatoms. The minimum atomic E-state index is -0.118. The van der Waals surface area contributed by atoms with Crippen LogP contribution in [-0.4, -0.2) is 11.9 Å². The predicted octanol–water partition coefficient (Wildman–Crippen LogP) is 2.91. The van der Waals surface area contributed by atoms with Crippen LogP contribution in [0.5, 0.6) is 0 Å². The number of hydrogen-bond donors (Lipinski definition) is 2. The summed E-state index contributed by atoms with van der Waals surface area (Å²) in [6, 6.07) is 4.05. The molecule has 1 aromatic carbocycles. The van der Waals surface area contributed by atoms with E-state index in [1.54, 1.807) is 0 Å². The maximum Gasteiger partial charge on any atom is 0.231 e. The first kappa shape index (κ1) is 13.3. The molecule has 2 atom stereocenters. The summed E-state index contributed by atoms with van der Waals surface area (Å²) in [5.74, 6) is -0.112. The molecule has 18 heavy (non-hydrogen) atoms. The first-order chi connectivity index (χ1) is 8.47. The molecule has 1 amide bonds. The standard InChI is InChI=1S/C14H17BrN2O/c1-8-5-9(2)13(12(15)6-8)17-14(18)10-3-4-11(16)7-10/h3-6,10-11H,7,16H2,1-2H3,(H,17,18). The van der Waals surface area contributed by atoms with Gasteiger partial charge in [0.05, 0.1) is 11.6 Å². The van der Waals surface area contributed by atoms with Crippen LogP contribution in [0.25, 0.3) is 0 Å². The molecule has 0 aromatic heterocycles. The Morgan fingerprint density at radius 1 is 1.39 bits per heavy atom. The largest absolute Gasteiger partial charge is 0.324 e. The summed E-state index contributed by atoms with van der Waals surface area (Å²) in [6.07, 6.45) is 4.47. The maximum atomic E-state index is 12.1. The van der Waals surface area contributed by atoms with Crippen molar-refractivity contribution in [2.24, 2.45) is 11.7 Å². The second kappa shape index (κ2) is 5.24. The van der Waals surface area contributed by atoms with Gasteiger partial charge >= 0.3 is 0 Å². The van der Waals surface area contributed by atoms with Crippen molar-refractivity contribution >= 4 is 27.5 Å². The number of rotatable bonds is 2. The van der Waals surface area contributed by atoms with E-state index < -0.39 is 0 Å². The summed E-state index contributed by atoms with van der Waals surface area (Å²) in [5.41, 5.74) is 8.83. The number of nitrogens with two attached hydrogens (primary N) is 1. The third-order valence-electron chi connectivity index (χ3n) is 3.13. The van der Waals surface area contributed by atoms with E-state index in [4.69, 9.17) is 5.73 Å². The summed E-state index contributed by atoms with van der Waals surface area (Å²) in [7, 11) is 0. The Kier molecular flexibility index (Phi) is 3.88. The number of halogens is 1. The number of amides is 1. The van der Waals surface area contributed by atoms with Crippen molar-refractivity contribution in [1.82, 2.24) is 0 Å². The molecule has 0 bridgehead atoms. The van der Waals surface area contributed by atoms with Crippen LogP contribution in [0, 0.1) is 19.8 Å². The Bertz CT molecular complexity index is 488. The van der Waals surface area contributed by atoms with Crippen molar-refractivity contribution in [2.75, 3.05) is 5.32 Å². The van der Waals surface area contributed by atoms with Gasteiger partial charge in [-0.15, -0.1) is 0 Å². The molecule has 0 spiro atoms. The van der Waals surface area contributed by atoms with Crippen molar-refractivity contribution in [3.05, 3.63) is 39.9 Å². The third kappa shape index (κ3) is 2.82. The molecular weight excluding hydrogens is 292 g/mol. The fraction of sp³-hybridized carbons (Fsp3) is 0.357. The van der Waals surface area contributed by atoms with Gasteiger partial charge in [-0.2, -0.15) is 0 Å². The molecular formula is C14H17BrN2O. The van der Waals surface area contributed by atoms with E-state index in [-0.39, 0.29) is 17.9 Å². The number of nitrogens with one attached hydrogen (secondary N) is 1. The summed E-state index contributed by atoms with van der Waals surface area (Å²) >= 11 is 3.49. The van der Waals surface area contributed by atoms with Gasteiger partial charge in [0.2, 0.25) is 5.91 Å². The smallest absolute Gasteiger partial charge is 0.231 e. The molecule has 1 aliphatic rings. The highest BCUT2D eigenvalue weighted by molar-refractivity contribution is 9.10. The first-order valence-electron chi connectivity index (χ1n) is 5.99. The number of aryl methyl sites for hydroxylation is 2. The van der Waals surface area contributed by atoms with Crippen LogP contribution in [0.15, 0.2) is 28.8 Å². The van der Waals surface area contributed by atoms with Crippen molar-refractivity contribution < 1.29 is 4.79 Å². The van der Waals surface area contributed by atoms with Crippen LogP contribution >= 0.6 is 15.9 Å². The van der Waals surface area contributed by atoms with Gasteiger partial charge in [-0.1, -0.05) is 18.2 Å². The zero-order valence-corrected chi connectivity index (χ0v) is 12.1. The van der Waals surface area contributed by atoms with E-state index in [1.165, 1.54) is 5.56 Å². The van der Waals surface area contributed by atoms with Gasteiger partial charge in [0.1, 0.15) is 0 Å². The Morgan fingerprint density at radius 2 is 2.11 bits per heavy atom. The number of hydrogen-bond acceptors (Lipinski definition) is 2. The summed E-state index contributed by atoms with van der Waals surface area (Å²) in [6.45, 7) is 4.02. The van der Waals surface area contributed by atoms with Crippen molar-refractivity contribution in [3.63, 3.8) is 0 Å². The second-order valence-electron chi connectivity index (χ2n) is 4.82. The summed E-state index contributed by atoms with van der Waals surface area (Å²) in [4.78, 5) is 12.1. The minimum Gasteiger partial charge on any atom is -0.324 e. The molecule has 0 radical (unpaired) electrons. The van der Waals surface area contributed by atoms with Crippen molar-refractivity contribution in [1.29, 1.82) is 0 Å². The van der Waals surface area contributed by atoms with Crippen LogP contribution in [0.2, 0.25) is 0 Å². The SMILES string of the molecule is Cc1cc(C)c(NC(=O)C2C=CC(N)C2)c(Br)c1. The van der Waals surface area contributed by atoms with Crippen LogP contribution in [0.3, 0.4) is 0 Å². The van der Waals surface area contributed by atoms with E-state index in [2.05, 4.69) is 27.3 Å². The van der Waals surface area contributed by atoms with E-state index in [0.717, 1.165) is 15.7 Å². The molecule has 0 fully saturated rings. The third-order valence-corrected chi connectivity index (χ3v) is 3.76. The molecule has 0 aliphatic heterocycles. The zero-order chi connectivity index (χ0) is 13.3. The van der Waals surface area contributed by atoms with E-state index in [1.807, 2.05) is 32.1 Å². The fourth-order valence-corrected chi connectivity index (χ4v) is 2.98. The average Bonchev–Trinajstić information content (AvgIpc) is 2.70. The highest BCUT2D eigenvalue weighted by atomic mass is 79.9. The van der Waals surface area contributed by atoms with Gasteiger partial charge in [-0.25, -0.2) is 0 Å². The molecule has 0 heterocycles. The second-order valence-corrected chi connectivity index (χ2v) is 5.67. The lowest BCUT2D eigenvalue weighted by atomic mass is 10.1. The number of carbonyl (C=O) groups excluding carboxylic acids is 1. The highest BCUT2D eigenvalue weighted by Crippen LogP contribution is 2.29. The lowest BCUT2D eigenvalue weighted by Gasteiger charge is -2.14. The number of anilines is 1. The topological polar surface area (TPSA) is 55.1 Å². The van der Waals surface area contributed by atoms with Gasteiger partial charge in [0.25, 0.3) is 0 Å². The predicted molar refractivity (Wildman–Crippen MR) is 77.5 cm³/mol. The summed E-state index contributed by atoms with van der Waals surface area (Å²) < 4.78 is 0.916. The molecule has 2 unspecified atom stereocenters. The zero-order valence-electron chi connectivity index (χ0n) is 10.5. The monoisotopic (exact) mass is 308 g/mol. The van der Waals surface area contributed by atoms with Gasteiger partial charge in [-0.3, -0.25) is 4.79 Å². The lowest BCUT2D eigenvalue weighted by molar-refractivity contribution is -0.118. The van der Waals surface area contributed by atoms with Crippen LogP contribution in [0.4, 0.5) is 5.69 Å². The first-order valence-corrected chi connectivity index (χ1v) is 6.78. The minimum absolute atomic E-state index is 0.00306. The van der Waals surface area contributed by atoms with Gasteiger partial charge in [0.15, 0.2) is 0 Å². The van der Waals surface area contributed by atoms with E-state index >= 15 is 0 Å². The van der Waals surface area contributed by atoms with E-state index in [9.17, 15) is 4.79 Å². The highest BCUT2D eigenvalue weighted by Gasteiger charge is 2.23. The lowest BCUT2D eigenvalue weighted by Crippen LogP contribution is -2.24. The Hall–Kier alpha value is -1.13. The number of carbonyl (C=O) groups is 1. The molecule has 1 aromatic rings. The van der Waals surface area contributed by atoms with Gasteiger partial charge < -0.3 is 11.1 Å². The quantitative estimate of drug-likeness (QED) is 0.825. The maximum absolute atomic E-state index is 12.1.